The van der Waals surface area contributed by atoms with Gasteiger partial charge in [-0.1, -0.05) is 0 Å². The van der Waals surface area contributed by atoms with E-state index in [9.17, 15) is 0 Å². The van der Waals surface area contributed by atoms with Crippen molar-refractivity contribution in [2.45, 2.75) is 33.1 Å². The maximum Gasteiger partial charge on any atom is 0.185 e. The minimum atomic E-state index is 0.533. The lowest BCUT2D eigenvalue weighted by atomic mass is 9.79. The number of aryl methyl sites for hydroxylation is 2. The maximum atomic E-state index is 4.71. The summed E-state index contributed by atoms with van der Waals surface area (Å²) in [7, 11) is 0. The van der Waals surface area contributed by atoms with Gasteiger partial charge in [-0.15, -0.1) is 11.3 Å². The Balaban J connectivity index is 1.79. The van der Waals surface area contributed by atoms with Crippen molar-refractivity contribution in [2.24, 2.45) is 5.41 Å². The summed E-state index contributed by atoms with van der Waals surface area (Å²) < 4.78 is 0. The zero-order chi connectivity index (χ0) is 11.9. The van der Waals surface area contributed by atoms with E-state index in [2.05, 4.69) is 24.1 Å². The average Bonchev–Trinajstić information content (AvgIpc) is 2.88. The number of thiazole rings is 1. The molecule has 3 nitrogen and oxygen atoms in total. The fourth-order valence-corrected chi connectivity index (χ4v) is 4.04. The number of nitrogens with one attached hydrogen (secondary N) is 1. The lowest BCUT2D eigenvalue weighted by Crippen LogP contribution is -2.44. The van der Waals surface area contributed by atoms with E-state index < -0.39 is 0 Å². The van der Waals surface area contributed by atoms with Gasteiger partial charge in [-0.05, 0) is 39.7 Å². The van der Waals surface area contributed by atoms with Gasteiger partial charge in [0.25, 0.3) is 0 Å². The summed E-state index contributed by atoms with van der Waals surface area (Å²) in [5, 5.41) is 4.77. The molecule has 3 rings (SSSR count). The summed E-state index contributed by atoms with van der Waals surface area (Å²) in [5.74, 6) is 0. The van der Waals surface area contributed by atoms with Crippen molar-refractivity contribution in [1.82, 2.24) is 10.3 Å². The molecule has 0 unspecified atom stereocenters. The smallest absolute Gasteiger partial charge is 0.185 e. The SMILES string of the molecule is Cc1nc(N2CCC[C@]3(CCNC3)C2)sc1C. The Morgan fingerprint density at radius 1 is 1.35 bits per heavy atom. The Bertz CT molecular complexity index is 387. The van der Waals surface area contributed by atoms with Crippen molar-refractivity contribution in [3.8, 4) is 0 Å². The van der Waals surface area contributed by atoms with Gasteiger partial charge in [0.1, 0.15) is 0 Å². The van der Waals surface area contributed by atoms with Crippen LogP contribution in [-0.4, -0.2) is 31.2 Å². The third-order valence-electron chi connectivity index (χ3n) is 4.28. The lowest BCUT2D eigenvalue weighted by molar-refractivity contribution is 0.261. The van der Waals surface area contributed by atoms with Crippen molar-refractivity contribution in [3.63, 3.8) is 0 Å². The van der Waals surface area contributed by atoms with Gasteiger partial charge < -0.3 is 10.2 Å². The minimum absolute atomic E-state index is 0.533. The number of rotatable bonds is 1. The number of anilines is 1. The normalized spacial score (nSPS) is 29.2. The van der Waals surface area contributed by atoms with Crippen LogP contribution in [0.25, 0.3) is 0 Å². The first kappa shape index (κ1) is 11.5. The molecule has 1 aromatic heterocycles. The predicted octanol–water partition coefficient (Wildman–Crippen LogP) is 2.34. The number of aromatic nitrogens is 1. The zero-order valence-corrected chi connectivity index (χ0v) is 11.6. The van der Waals surface area contributed by atoms with Crippen LogP contribution in [0.3, 0.4) is 0 Å². The molecule has 0 bridgehead atoms. The lowest BCUT2D eigenvalue weighted by Gasteiger charge is -2.39. The molecule has 17 heavy (non-hydrogen) atoms. The van der Waals surface area contributed by atoms with E-state index in [0.29, 0.717) is 5.41 Å². The van der Waals surface area contributed by atoms with E-state index >= 15 is 0 Å². The van der Waals surface area contributed by atoms with Crippen LogP contribution < -0.4 is 10.2 Å². The molecular weight excluding hydrogens is 230 g/mol. The second-order valence-corrected chi connectivity index (χ2v) is 6.77. The molecule has 2 aliphatic rings. The van der Waals surface area contributed by atoms with Gasteiger partial charge in [0.05, 0.1) is 5.69 Å². The van der Waals surface area contributed by atoms with Crippen LogP contribution in [0.4, 0.5) is 5.13 Å². The second kappa shape index (κ2) is 4.25. The summed E-state index contributed by atoms with van der Waals surface area (Å²) in [5.41, 5.74) is 1.74. The third-order valence-corrected chi connectivity index (χ3v) is 5.41. The van der Waals surface area contributed by atoms with E-state index in [0.717, 1.165) is 0 Å². The molecule has 1 atom stereocenters. The monoisotopic (exact) mass is 251 g/mol. The van der Waals surface area contributed by atoms with Crippen LogP contribution in [0.2, 0.25) is 0 Å². The maximum absolute atomic E-state index is 4.71. The van der Waals surface area contributed by atoms with E-state index in [1.54, 1.807) is 0 Å². The van der Waals surface area contributed by atoms with Crippen LogP contribution in [0, 0.1) is 19.3 Å². The molecule has 0 aromatic carbocycles. The Morgan fingerprint density at radius 3 is 2.88 bits per heavy atom. The van der Waals surface area contributed by atoms with Crippen LogP contribution in [-0.2, 0) is 0 Å². The summed E-state index contributed by atoms with van der Waals surface area (Å²) in [4.78, 5) is 8.59. The predicted molar refractivity (Wildman–Crippen MR) is 73.0 cm³/mol. The van der Waals surface area contributed by atoms with Crippen molar-refractivity contribution in [2.75, 3.05) is 31.1 Å². The van der Waals surface area contributed by atoms with Gasteiger partial charge in [0.2, 0.25) is 0 Å². The first-order chi connectivity index (χ1) is 8.19. The average molecular weight is 251 g/mol. The number of piperidine rings is 1. The Morgan fingerprint density at radius 2 is 2.24 bits per heavy atom. The molecule has 0 aliphatic carbocycles. The summed E-state index contributed by atoms with van der Waals surface area (Å²) in [6.45, 7) is 9.08. The van der Waals surface area contributed by atoms with E-state index in [1.165, 1.54) is 61.1 Å². The molecule has 2 aliphatic heterocycles. The Kier molecular flexibility index (Phi) is 2.87. The van der Waals surface area contributed by atoms with Gasteiger partial charge in [-0.2, -0.15) is 0 Å². The molecule has 94 valence electrons. The highest BCUT2D eigenvalue weighted by atomic mass is 32.1. The Hall–Kier alpha value is -0.610. The third kappa shape index (κ3) is 2.08. The fourth-order valence-electron chi connectivity index (χ4n) is 3.11. The molecule has 4 heteroatoms. The molecule has 0 amide bonds. The topological polar surface area (TPSA) is 28.2 Å². The fraction of sp³-hybridized carbons (Fsp3) is 0.769. The van der Waals surface area contributed by atoms with Crippen molar-refractivity contribution < 1.29 is 0 Å². The first-order valence-electron chi connectivity index (χ1n) is 6.58. The number of nitrogens with zero attached hydrogens (tertiary/aromatic N) is 2. The zero-order valence-electron chi connectivity index (χ0n) is 10.8. The van der Waals surface area contributed by atoms with Crippen LogP contribution >= 0.6 is 11.3 Å². The highest BCUT2D eigenvalue weighted by Crippen LogP contribution is 2.38. The molecule has 1 aromatic rings. The van der Waals surface area contributed by atoms with Gasteiger partial charge in [-0.3, -0.25) is 0 Å². The quantitative estimate of drug-likeness (QED) is 0.830. The van der Waals surface area contributed by atoms with E-state index in [-0.39, 0.29) is 0 Å². The largest absolute Gasteiger partial charge is 0.347 e. The molecule has 2 fully saturated rings. The minimum Gasteiger partial charge on any atom is -0.347 e. The molecule has 0 saturated carbocycles. The molecule has 2 saturated heterocycles. The first-order valence-corrected chi connectivity index (χ1v) is 7.40. The van der Waals surface area contributed by atoms with Crippen molar-refractivity contribution >= 4 is 16.5 Å². The highest BCUT2D eigenvalue weighted by molar-refractivity contribution is 7.15. The molecule has 1 spiro atoms. The standard InChI is InChI=1S/C13H21N3S/c1-10-11(2)17-12(15-10)16-7-3-4-13(9-16)5-6-14-8-13/h14H,3-9H2,1-2H3/t13-/m1/s1. The van der Waals surface area contributed by atoms with Crippen molar-refractivity contribution in [3.05, 3.63) is 10.6 Å². The Labute approximate surface area is 107 Å². The van der Waals surface area contributed by atoms with E-state index in [4.69, 9.17) is 4.98 Å². The number of hydrogen-bond donors (Lipinski definition) is 1. The van der Waals surface area contributed by atoms with Crippen LogP contribution in [0.5, 0.6) is 0 Å². The second-order valence-electron chi connectivity index (χ2n) is 5.59. The highest BCUT2D eigenvalue weighted by Gasteiger charge is 2.38. The van der Waals surface area contributed by atoms with Gasteiger partial charge in [0, 0.05) is 29.9 Å². The van der Waals surface area contributed by atoms with Crippen molar-refractivity contribution in [1.29, 1.82) is 0 Å². The molecule has 1 N–H and O–H groups in total. The van der Waals surface area contributed by atoms with Gasteiger partial charge in [-0.25, -0.2) is 4.98 Å². The van der Waals surface area contributed by atoms with Gasteiger partial charge in [0.15, 0.2) is 5.13 Å². The van der Waals surface area contributed by atoms with Crippen LogP contribution in [0.15, 0.2) is 0 Å². The number of hydrogen-bond acceptors (Lipinski definition) is 4. The molecule has 0 radical (unpaired) electrons. The summed E-state index contributed by atoms with van der Waals surface area (Å²) >= 11 is 1.86. The van der Waals surface area contributed by atoms with E-state index in [1.807, 2.05) is 11.3 Å². The molecule has 3 heterocycles. The summed E-state index contributed by atoms with van der Waals surface area (Å²) in [6, 6.07) is 0. The molecular formula is C13H21N3S. The van der Waals surface area contributed by atoms with Gasteiger partial charge >= 0.3 is 0 Å². The summed E-state index contributed by atoms with van der Waals surface area (Å²) in [6.07, 6.45) is 4.05. The van der Waals surface area contributed by atoms with Crippen LogP contribution in [0.1, 0.15) is 29.8 Å².